The molecular formula is C10H24N2O2S. The number of sulfonamides is 1. The summed E-state index contributed by atoms with van der Waals surface area (Å²) in [5.41, 5.74) is 5.37. The lowest BCUT2D eigenvalue weighted by atomic mass is 9.90. The second-order valence-electron chi connectivity index (χ2n) is 5.64. The molecule has 0 unspecified atom stereocenters. The summed E-state index contributed by atoms with van der Waals surface area (Å²) in [5, 5.41) is 0. The van der Waals surface area contributed by atoms with Crippen LogP contribution in [0.15, 0.2) is 0 Å². The van der Waals surface area contributed by atoms with Crippen molar-refractivity contribution in [1.29, 1.82) is 0 Å². The van der Waals surface area contributed by atoms with Crippen molar-refractivity contribution in [1.82, 2.24) is 4.72 Å². The lowest BCUT2D eigenvalue weighted by Crippen LogP contribution is -2.43. The third-order valence-electron chi connectivity index (χ3n) is 2.37. The van der Waals surface area contributed by atoms with Crippen LogP contribution in [0.2, 0.25) is 0 Å². The van der Waals surface area contributed by atoms with E-state index in [0.717, 1.165) is 6.42 Å². The van der Waals surface area contributed by atoms with Gasteiger partial charge in [0, 0.05) is 6.54 Å². The van der Waals surface area contributed by atoms with E-state index in [4.69, 9.17) is 5.73 Å². The van der Waals surface area contributed by atoms with Gasteiger partial charge in [-0.2, -0.15) is 0 Å². The molecule has 0 aromatic rings. The molecule has 0 saturated heterocycles. The van der Waals surface area contributed by atoms with Gasteiger partial charge in [0.15, 0.2) is 0 Å². The standard InChI is InChI=1S/C10H24N2O2S/c1-9(2,3)15(13,14)12-8-10(4,5)6-7-11/h12H,6-8,11H2,1-5H3. The molecule has 0 bridgehead atoms. The fraction of sp³-hybridized carbons (Fsp3) is 1.00. The van der Waals surface area contributed by atoms with Gasteiger partial charge in [0.25, 0.3) is 0 Å². The molecule has 0 radical (unpaired) electrons. The van der Waals surface area contributed by atoms with Gasteiger partial charge in [-0.25, -0.2) is 13.1 Å². The van der Waals surface area contributed by atoms with Gasteiger partial charge in [-0.3, -0.25) is 0 Å². The lowest BCUT2D eigenvalue weighted by molar-refractivity contribution is 0.338. The van der Waals surface area contributed by atoms with Crippen molar-refractivity contribution in [2.24, 2.45) is 11.1 Å². The van der Waals surface area contributed by atoms with E-state index in [2.05, 4.69) is 4.72 Å². The molecule has 0 saturated carbocycles. The molecule has 0 aliphatic carbocycles. The number of hydrogen-bond donors (Lipinski definition) is 2. The van der Waals surface area contributed by atoms with Gasteiger partial charge >= 0.3 is 0 Å². The van der Waals surface area contributed by atoms with Gasteiger partial charge in [0.1, 0.15) is 0 Å². The molecule has 0 heterocycles. The number of rotatable bonds is 5. The smallest absolute Gasteiger partial charge is 0.216 e. The van der Waals surface area contributed by atoms with Gasteiger partial charge in [0.05, 0.1) is 4.75 Å². The first-order chi connectivity index (χ1) is 6.52. The van der Waals surface area contributed by atoms with Crippen LogP contribution < -0.4 is 10.5 Å². The van der Waals surface area contributed by atoms with Crippen LogP contribution in [0.25, 0.3) is 0 Å². The Morgan fingerprint density at radius 3 is 1.93 bits per heavy atom. The summed E-state index contributed by atoms with van der Waals surface area (Å²) in [6.45, 7) is 10.1. The van der Waals surface area contributed by atoms with Gasteiger partial charge < -0.3 is 5.73 Å². The average molecular weight is 236 g/mol. The normalized spacial score (nSPS) is 14.3. The summed E-state index contributed by atoms with van der Waals surface area (Å²) in [6, 6.07) is 0. The Morgan fingerprint density at radius 1 is 1.13 bits per heavy atom. The maximum absolute atomic E-state index is 11.8. The van der Waals surface area contributed by atoms with E-state index in [9.17, 15) is 8.42 Å². The van der Waals surface area contributed by atoms with Crippen LogP contribution in [0.5, 0.6) is 0 Å². The molecule has 0 spiro atoms. The fourth-order valence-corrected chi connectivity index (χ4v) is 2.00. The van der Waals surface area contributed by atoms with Crippen molar-refractivity contribution in [2.75, 3.05) is 13.1 Å². The van der Waals surface area contributed by atoms with E-state index in [-0.39, 0.29) is 5.41 Å². The van der Waals surface area contributed by atoms with Gasteiger partial charge in [-0.15, -0.1) is 0 Å². The highest BCUT2D eigenvalue weighted by molar-refractivity contribution is 7.90. The van der Waals surface area contributed by atoms with Crippen LogP contribution in [0, 0.1) is 5.41 Å². The molecule has 5 heteroatoms. The summed E-state index contributed by atoms with van der Waals surface area (Å²) in [5.74, 6) is 0. The van der Waals surface area contributed by atoms with E-state index in [0.29, 0.717) is 13.1 Å². The maximum Gasteiger partial charge on any atom is 0.216 e. The number of hydrogen-bond acceptors (Lipinski definition) is 3. The van der Waals surface area contributed by atoms with Crippen LogP contribution in [0.1, 0.15) is 41.0 Å². The molecule has 92 valence electrons. The van der Waals surface area contributed by atoms with Crippen molar-refractivity contribution in [3.05, 3.63) is 0 Å². The van der Waals surface area contributed by atoms with Gasteiger partial charge in [-0.1, -0.05) is 13.8 Å². The van der Waals surface area contributed by atoms with E-state index in [1.54, 1.807) is 20.8 Å². The largest absolute Gasteiger partial charge is 0.330 e. The summed E-state index contributed by atoms with van der Waals surface area (Å²) in [4.78, 5) is 0. The Kier molecular flexibility index (Phi) is 4.76. The number of nitrogens with two attached hydrogens (primary N) is 1. The van der Waals surface area contributed by atoms with Crippen molar-refractivity contribution in [2.45, 2.75) is 45.8 Å². The molecule has 0 aromatic carbocycles. The first kappa shape index (κ1) is 14.9. The minimum atomic E-state index is -3.24. The molecule has 3 N–H and O–H groups in total. The zero-order valence-electron chi connectivity index (χ0n) is 10.4. The van der Waals surface area contributed by atoms with E-state index in [1.807, 2.05) is 13.8 Å². The minimum Gasteiger partial charge on any atom is -0.330 e. The topological polar surface area (TPSA) is 72.2 Å². The molecule has 4 nitrogen and oxygen atoms in total. The third-order valence-corrected chi connectivity index (χ3v) is 4.50. The first-order valence-corrected chi connectivity index (χ1v) is 6.69. The Morgan fingerprint density at radius 2 is 1.60 bits per heavy atom. The molecule has 0 amide bonds. The minimum absolute atomic E-state index is 0.0902. The Hall–Kier alpha value is -0.130. The second-order valence-corrected chi connectivity index (χ2v) is 8.16. The van der Waals surface area contributed by atoms with Crippen molar-refractivity contribution < 1.29 is 8.42 Å². The summed E-state index contributed by atoms with van der Waals surface area (Å²) >= 11 is 0. The first-order valence-electron chi connectivity index (χ1n) is 5.21. The maximum atomic E-state index is 11.8. The van der Waals surface area contributed by atoms with Crippen LogP contribution in [0.3, 0.4) is 0 Å². The zero-order chi connectivity index (χ0) is 12.3. The van der Waals surface area contributed by atoms with Crippen molar-refractivity contribution in [3.63, 3.8) is 0 Å². The van der Waals surface area contributed by atoms with E-state index >= 15 is 0 Å². The van der Waals surface area contributed by atoms with Gasteiger partial charge in [-0.05, 0) is 39.2 Å². The molecule has 0 atom stereocenters. The lowest BCUT2D eigenvalue weighted by Gasteiger charge is -2.27. The molecule has 0 fully saturated rings. The molecule has 15 heavy (non-hydrogen) atoms. The summed E-state index contributed by atoms with van der Waals surface area (Å²) < 4.78 is 25.4. The van der Waals surface area contributed by atoms with Crippen LogP contribution in [-0.2, 0) is 10.0 Å². The third kappa shape index (κ3) is 4.95. The SMILES string of the molecule is CC(C)(CCN)CNS(=O)(=O)C(C)(C)C. The molecule has 0 aliphatic heterocycles. The van der Waals surface area contributed by atoms with Crippen LogP contribution >= 0.6 is 0 Å². The highest BCUT2D eigenvalue weighted by Crippen LogP contribution is 2.20. The molecule has 0 rings (SSSR count). The highest BCUT2D eigenvalue weighted by Gasteiger charge is 2.30. The molecular weight excluding hydrogens is 212 g/mol. The van der Waals surface area contributed by atoms with E-state index in [1.165, 1.54) is 0 Å². The molecule has 0 aliphatic rings. The zero-order valence-corrected chi connectivity index (χ0v) is 11.2. The fourth-order valence-electron chi connectivity index (χ4n) is 0.986. The Bertz CT molecular complexity index is 289. The van der Waals surface area contributed by atoms with Crippen LogP contribution in [0.4, 0.5) is 0 Å². The summed E-state index contributed by atoms with van der Waals surface area (Å²) in [7, 11) is -3.24. The van der Waals surface area contributed by atoms with Crippen molar-refractivity contribution >= 4 is 10.0 Å². The van der Waals surface area contributed by atoms with Crippen molar-refractivity contribution in [3.8, 4) is 0 Å². The predicted molar refractivity (Wildman–Crippen MR) is 64.1 cm³/mol. The van der Waals surface area contributed by atoms with Gasteiger partial charge in [0.2, 0.25) is 10.0 Å². The van der Waals surface area contributed by atoms with E-state index < -0.39 is 14.8 Å². The Labute approximate surface area is 93.7 Å². The highest BCUT2D eigenvalue weighted by atomic mass is 32.2. The second kappa shape index (κ2) is 4.80. The number of nitrogens with one attached hydrogen (secondary N) is 1. The Balaban J connectivity index is 4.41. The quantitative estimate of drug-likeness (QED) is 0.750. The summed E-state index contributed by atoms with van der Waals surface area (Å²) in [6.07, 6.45) is 0.805. The monoisotopic (exact) mass is 236 g/mol. The average Bonchev–Trinajstić information content (AvgIpc) is 1.99. The predicted octanol–water partition coefficient (Wildman–Crippen LogP) is 1.08. The molecule has 0 aromatic heterocycles. The van der Waals surface area contributed by atoms with Crippen LogP contribution in [-0.4, -0.2) is 26.3 Å².